The van der Waals surface area contributed by atoms with Crippen LogP contribution in [0.3, 0.4) is 0 Å². The SMILES string of the molecule is Cc1cccc2nc(Cn3c(=O)n(CC(=O)NCc4ccccc4Cl)c(=O)c4sccc43)cc(=O)n12. The van der Waals surface area contributed by atoms with Gasteiger partial charge >= 0.3 is 5.69 Å². The van der Waals surface area contributed by atoms with Gasteiger partial charge in [0.05, 0.1) is 17.8 Å². The number of amides is 1. The lowest BCUT2D eigenvalue weighted by Gasteiger charge is -2.13. The summed E-state index contributed by atoms with van der Waals surface area (Å²) in [5.41, 5.74) is 1.23. The van der Waals surface area contributed by atoms with Crippen LogP contribution < -0.4 is 22.1 Å². The van der Waals surface area contributed by atoms with E-state index >= 15 is 0 Å². The van der Waals surface area contributed by atoms with Crippen LogP contribution in [0.4, 0.5) is 0 Å². The van der Waals surface area contributed by atoms with E-state index in [1.807, 2.05) is 13.0 Å². The van der Waals surface area contributed by atoms with Crippen LogP contribution in [-0.2, 0) is 24.4 Å². The number of aromatic nitrogens is 4. The molecule has 0 saturated carbocycles. The van der Waals surface area contributed by atoms with Crippen LogP contribution in [0.15, 0.2) is 74.4 Å². The summed E-state index contributed by atoms with van der Waals surface area (Å²) in [6.45, 7) is 1.48. The van der Waals surface area contributed by atoms with Gasteiger partial charge in [-0.2, -0.15) is 0 Å². The minimum atomic E-state index is -0.662. The molecule has 0 radical (unpaired) electrons. The molecule has 0 unspecified atom stereocenters. The van der Waals surface area contributed by atoms with Crippen LogP contribution in [0.5, 0.6) is 0 Å². The number of carbonyl (C=O) groups excluding carboxylic acids is 1. The van der Waals surface area contributed by atoms with Crippen LogP contribution in [-0.4, -0.2) is 24.4 Å². The Labute approximate surface area is 212 Å². The molecule has 0 atom stereocenters. The van der Waals surface area contributed by atoms with E-state index in [0.29, 0.717) is 26.6 Å². The summed E-state index contributed by atoms with van der Waals surface area (Å²) in [6, 6.07) is 15.4. The first-order chi connectivity index (χ1) is 17.3. The summed E-state index contributed by atoms with van der Waals surface area (Å²) in [7, 11) is 0. The monoisotopic (exact) mass is 521 g/mol. The predicted molar refractivity (Wildman–Crippen MR) is 139 cm³/mol. The summed E-state index contributed by atoms with van der Waals surface area (Å²) >= 11 is 7.32. The van der Waals surface area contributed by atoms with Crippen molar-refractivity contribution >= 4 is 44.7 Å². The quantitative estimate of drug-likeness (QED) is 0.369. The molecule has 0 bridgehead atoms. The lowest BCUT2D eigenvalue weighted by molar-refractivity contribution is -0.121. The molecule has 36 heavy (non-hydrogen) atoms. The largest absolute Gasteiger partial charge is 0.350 e. The average Bonchev–Trinajstić information content (AvgIpc) is 3.34. The van der Waals surface area contributed by atoms with Gasteiger partial charge in [0.25, 0.3) is 11.1 Å². The van der Waals surface area contributed by atoms with E-state index in [2.05, 4.69) is 10.3 Å². The molecule has 0 fully saturated rings. The van der Waals surface area contributed by atoms with E-state index in [1.165, 1.54) is 26.4 Å². The first-order valence-electron chi connectivity index (χ1n) is 11.0. The van der Waals surface area contributed by atoms with Gasteiger partial charge in [-0.05, 0) is 42.1 Å². The fourth-order valence-electron chi connectivity index (χ4n) is 4.07. The summed E-state index contributed by atoms with van der Waals surface area (Å²) in [6.07, 6.45) is 0. The zero-order valence-corrected chi connectivity index (χ0v) is 20.7. The van der Waals surface area contributed by atoms with Crippen LogP contribution in [0.1, 0.15) is 17.0 Å². The van der Waals surface area contributed by atoms with Gasteiger partial charge in [-0.1, -0.05) is 35.9 Å². The number of nitrogens with zero attached hydrogens (tertiary/aromatic N) is 4. The topological polar surface area (TPSA) is 107 Å². The summed E-state index contributed by atoms with van der Waals surface area (Å²) in [4.78, 5) is 56.3. The fraction of sp³-hybridized carbons (Fsp3) is 0.160. The molecule has 182 valence electrons. The van der Waals surface area contributed by atoms with Gasteiger partial charge in [0.2, 0.25) is 5.91 Å². The lowest BCUT2D eigenvalue weighted by Crippen LogP contribution is -2.43. The van der Waals surface area contributed by atoms with Crippen LogP contribution in [0.25, 0.3) is 15.9 Å². The number of carbonyl (C=O) groups is 1. The standard InChI is InChI=1S/C25H20ClN5O4S/c1-15-5-4-8-20-28-17(11-22(33)31(15)20)13-29-19-9-10-36-23(19)24(34)30(25(29)35)14-21(32)27-12-16-6-2-3-7-18(16)26/h2-11H,12-14H2,1H3,(H,27,32). The molecule has 0 aliphatic heterocycles. The minimum absolute atomic E-state index is 0.0345. The van der Waals surface area contributed by atoms with E-state index in [1.54, 1.807) is 47.8 Å². The maximum atomic E-state index is 13.4. The number of benzene rings is 1. The van der Waals surface area contributed by atoms with Gasteiger partial charge in [0.15, 0.2) is 0 Å². The Kier molecular flexibility index (Phi) is 6.29. The first-order valence-corrected chi connectivity index (χ1v) is 12.3. The highest BCUT2D eigenvalue weighted by molar-refractivity contribution is 7.17. The molecular weight excluding hydrogens is 502 g/mol. The normalized spacial score (nSPS) is 11.3. The van der Waals surface area contributed by atoms with Gasteiger partial charge < -0.3 is 5.32 Å². The second kappa shape index (κ2) is 9.56. The van der Waals surface area contributed by atoms with E-state index in [9.17, 15) is 19.2 Å². The molecule has 0 aliphatic rings. The fourth-order valence-corrected chi connectivity index (χ4v) is 5.11. The molecular formula is C25H20ClN5O4S. The molecule has 1 N–H and O–H groups in total. The number of hydrogen-bond donors (Lipinski definition) is 1. The Bertz CT molecular complexity index is 1820. The van der Waals surface area contributed by atoms with E-state index < -0.39 is 23.7 Å². The van der Waals surface area contributed by atoms with Gasteiger partial charge in [-0.25, -0.2) is 14.3 Å². The molecule has 1 amide bonds. The molecule has 9 nitrogen and oxygen atoms in total. The van der Waals surface area contributed by atoms with Crippen molar-refractivity contribution in [3.63, 3.8) is 0 Å². The maximum absolute atomic E-state index is 13.4. The Morgan fingerprint density at radius 3 is 2.67 bits per heavy atom. The second-order valence-corrected chi connectivity index (χ2v) is 9.53. The first kappa shape index (κ1) is 23.7. The van der Waals surface area contributed by atoms with Gasteiger partial charge in [-0.15, -0.1) is 11.3 Å². The predicted octanol–water partition coefficient (Wildman–Crippen LogP) is 2.56. The van der Waals surface area contributed by atoms with Crippen LogP contribution in [0, 0.1) is 6.92 Å². The number of pyridine rings is 1. The van der Waals surface area contributed by atoms with Gasteiger partial charge in [0, 0.05) is 23.3 Å². The zero-order valence-electron chi connectivity index (χ0n) is 19.1. The van der Waals surface area contributed by atoms with Gasteiger partial charge in [-0.3, -0.25) is 23.4 Å². The van der Waals surface area contributed by atoms with Crippen LogP contribution in [0.2, 0.25) is 5.02 Å². The van der Waals surface area contributed by atoms with E-state index in [-0.39, 0.29) is 18.6 Å². The minimum Gasteiger partial charge on any atom is -0.350 e. The number of halogens is 1. The van der Waals surface area contributed by atoms with Crippen LogP contribution >= 0.6 is 22.9 Å². The molecule has 0 saturated heterocycles. The van der Waals surface area contributed by atoms with Crippen molar-refractivity contribution in [2.45, 2.75) is 26.6 Å². The molecule has 0 aliphatic carbocycles. The molecule has 0 spiro atoms. The smallest absolute Gasteiger partial charge is 0.332 e. The van der Waals surface area contributed by atoms with E-state index in [4.69, 9.17) is 11.6 Å². The van der Waals surface area contributed by atoms with Crippen molar-refractivity contribution in [3.8, 4) is 0 Å². The van der Waals surface area contributed by atoms with Crippen molar-refractivity contribution < 1.29 is 4.79 Å². The number of thiophene rings is 1. The molecule has 4 heterocycles. The van der Waals surface area contributed by atoms with Crippen molar-refractivity contribution in [2.24, 2.45) is 0 Å². The van der Waals surface area contributed by atoms with Gasteiger partial charge in [0.1, 0.15) is 16.9 Å². The summed E-state index contributed by atoms with van der Waals surface area (Å²) < 4.78 is 4.08. The second-order valence-electron chi connectivity index (χ2n) is 8.21. The molecule has 5 aromatic rings. The highest BCUT2D eigenvalue weighted by Gasteiger charge is 2.18. The third kappa shape index (κ3) is 4.36. The number of aryl methyl sites for hydroxylation is 1. The molecule has 11 heteroatoms. The molecule has 1 aromatic carbocycles. The Morgan fingerprint density at radius 2 is 1.86 bits per heavy atom. The summed E-state index contributed by atoms with van der Waals surface area (Å²) in [5, 5.41) is 4.91. The average molecular weight is 522 g/mol. The van der Waals surface area contributed by atoms with Crippen molar-refractivity contribution in [1.82, 2.24) is 23.8 Å². The Morgan fingerprint density at radius 1 is 1.06 bits per heavy atom. The molecule has 5 rings (SSSR count). The Hall–Kier alpha value is -4.02. The summed E-state index contributed by atoms with van der Waals surface area (Å²) in [5.74, 6) is -0.505. The highest BCUT2D eigenvalue weighted by Crippen LogP contribution is 2.17. The third-order valence-corrected chi connectivity index (χ3v) is 7.09. The number of rotatable bonds is 6. The van der Waals surface area contributed by atoms with Crippen molar-refractivity contribution in [1.29, 1.82) is 0 Å². The Balaban J connectivity index is 1.50. The third-order valence-electron chi connectivity index (χ3n) is 5.83. The molecule has 4 aromatic heterocycles. The number of fused-ring (bicyclic) bond motifs is 2. The lowest BCUT2D eigenvalue weighted by atomic mass is 10.2. The van der Waals surface area contributed by atoms with Crippen molar-refractivity contribution in [2.75, 3.05) is 0 Å². The van der Waals surface area contributed by atoms with E-state index in [0.717, 1.165) is 15.8 Å². The number of hydrogen-bond acceptors (Lipinski definition) is 6. The highest BCUT2D eigenvalue weighted by atomic mass is 35.5. The zero-order chi connectivity index (χ0) is 25.4. The maximum Gasteiger partial charge on any atom is 0.332 e. The number of nitrogens with one attached hydrogen (secondary N) is 1. The van der Waals surface area contributed by atoms with Crippen molar-refractivity contribution in [3.05, 3.63) is 113 Å².